The molecule has 0 aliphatic carbocycles. The number of alkyl halides is 3. The van der Waals surface area contributed by atoms with Crippen LogP contribution in [0.1, 0.15) is 5.56 Å². The van der Waals surface area contributed by atoms with E-state index >= 15 is 0 Å². The molecule has 1 rings (SSSR count). The maximum atomic E-state index is 12.4. The molecule has 0 fully saturated rings. The van der Waals surface area contributed by atoms with Crippen LogP contribution in [0.2, 0.25) is 5.02 Å². The molecule has 0 atom stereocenters. The molecule has 0 amide bonds. The fourth-order valence-corrected chi connectivity index (χ4v) is 1.23. The number of hydrazine groups is 1. The summed E-state index contributed by atoms with van der Waals surface area (Å²) in [6, 6.07) is 3.20. The average Bonchev–Trinajstić information content (AvgIpc) is 2.19. The van der Waals surface area contributed by atoms with Gasteiger partial charge in [0.25, 0.3) is 0 Å². The maximum absolute atomic E-state index is 12.4. The third-order valence-electron chi connectivity index (χ3n) is 1.69. The van der Waals surface area contributed by atoms with Crippen LogP contribution in [-0.2, 0) is 6.18 Å². The van der Waals surface area contributed by atoms with E-state index in [1.165, 1.54) is 6.07 Å². The van der Waals surface area contributed by atoms with Crippen LogP contribution >= 0.6 is 35.6 Å². The summed E-state index contributed by atoms with van der Waals surface area (Å²) in [6.07, 6.45) is -4.53. The molecule has 5 N–H and O–H groups in total. The lowest BCUT2D eigenvalue weighted by atomic mass is 10.2. The van der Waals surface area contributed by atoms with Crippen molar-refractivity contribution >= 4 is 47.2 Å². The standard InChI is InChI=1S/C8H8ClF3N4.HI/c9-6-2-1-4(15-7(13)16-14)3-5(6)8(10,11)12;/h1-3H,14H2,(H3,13,15,16);1H. The van der Waals surface area contributed by atoms with Crippen molar-refractivity contribution in [1.29, 1.82) is 5.41 Å². The number of hydrogen-bond acceptors (Lipinski definition) is 2. The lowest BCUT2D eigenvalue weighted by Crippen LogP contribution is -2.35. The Bertz CT molecular complexity index is 410. The zero-order chi connectivity index (χ0) is 12.3. The summed E-state index contributed by atoms with van der Waals surface area (Å²) in [6.45, 7) is 0. The molecule has 17 heavy (non-hydrogen) atoms. The Kier molecular flexibility index (Phi) is 5.99. The highest BCUT2D eigenvalue weighted by Crippen LogP contribution is 2.36. The van der Waals surface area contributed by atoms with Crippen molar-refractivity contribution in [1.82, 2.24) is 5.43 Å². The van der Waals surface area contributed by atoms with Gasteiger partial charge >= 0.3 is 6.18 Å². The first-order chi connectivity index (χ1) is 7.34. The van der Waals surface area contributed by atoms with Crippen molar-refractivity contribution in [3.8, 4) is 0 Å². The third kappa shape index (κ3) is 4.56. The zero-order valence-electron chi connectivity index (χ0n) is 8.23. The average molecular weight is 381 g/mol. The molecular weight excluding hydrogens is 371 g/mol. The molecule has 1 aromatic rings. The molecule has 0 saturated carbocycles. The Morgan fingerprint density at radius 2 is 1.94 bits per heavy atom. The van der Waals surface area contributed by atoms with Gasteiger partial charge in [0.05, 0.1) is 10.6 Å². The Morgan fingerprint density at radius 1 is 1.35 bits per heavy atom. The molecule has 96 valence electrons. The van der Waals surface area contributed by atoms with Crippen LogP contribution < -0.4 is 16.6 Å². The van der Waals surface area contributed by atoms with Crippen LogP contribution in [0.15, 0.2) is 18.2 Å². The van der Waals surface area contributed by atoms with Gasteiger partial charge in [-0.2, -0.15) is 13.2 Å². The number of nitrogens with one attached hydrogen (secondary N) is 3. The van der Waals surface area contributed by atoms with Gasteiger partial charge in [-0.3, -0.25) is 10.8 Å². The minimum Gasteiger partial charge on any atom is -0.325 e. The largest absolute Gasteiger partial charge is 0.417 e. The van der Waals surface area contributed by atoms with Crippen molar-refractivity contribution in [2.45, 2.75) is 6.18 Å². The number of halogens is 5. The SMILES string of the molecule is I.N=C(NN)Nc1ccc(Cl)c(C(F)(F)F)c1. The summed E-state index contributed by atoms with van der Waals surface area (Å²) in [5.41, 5.74) is 1.04. The molecule has 1 aromatic carbocycles. The second-order valence-electron chi connectivity index (χ2n) is 2.84. The second kappa shape index (κ2) is 6.26. The van der Waals surface area contributed by atoms with Crippen molar-refractivity contribution in [3.05, 3.63) is 28.8 Å². The molecule has 9 heteroatoms. The van der Waals surface area contributed by atoms with Crippen LogP contribution in [0.5, 0.6) is 0 Å². The van der Waals surface area contributed by atoms with E-state index in [4.69, 9.17) is 22.9 Å². The van der Waals surface area contributed by atoms with Crippen LogP contribution in [0.3, 0.4) is 0 Å². The molecule has 0 unspecified atom stereocenters. The van der Waals surface area contributed by atoms with Gasteiger partial charge in [0.2, 0.25) is 5.96 Å². The van der Waals surface area contributed by atoms with E-state index in [0.717, 1.165) is 12.1 Å². The van der Waals surface area contributed by atoms with E-state index in [2.05, 4.69) is 5.32 Å². The van der Waals surface area contributed by atoms with E-state index < -0.39 is 16.8 Å². The maximum Gasteiger partial charge on any atom is 0.417 e. The number of anilines is 1. The van der Waals surface area contributed by atoms with Gasteiger partial charge in [-0.15, -0.1) is 24.0 Å². The first-order valence-corrected chi connectivity index (χ1v) is 4.41. The highest BCUT2D eigenvalue weighted by molar-refractivity contribution is 14.0. The number of nitrogens with two attached hydrogens (primary N) is 1. The normalized spacial score (nSPS) is 10.4. The number of hydrogen-bond donors (Lipinski definition) is 4. The Hall–Kier alpha value is -0.740. The number of benzene rings is 1. The molecule has 4 nitrogen and oxygen atoms in total. The van der Waals surface area contributed by atoms with Crippen molar-refractivity contribution in [3.63, 3.8) is 0 Å². The lowest BCUT2D eigenvalue weighted by molar-refractivity contribution is -0.137. The molecule has 0 aliphatic rings. The quantitative estimate of drug-likeness (QED) is 0.199. The number of guanidine groups is 1. The summed E-state index contributed by atoms with van der Waals surface area (Å²) in [5, 5.41) is 9.02. The smallest absolute Gasteiger partial charge is 0.325 e. The first kappa shape index (κ1) is 16.3. The fourth-order valence-electron chi connectivity index (χ4n) is 1.00. The lowest BCUT2D eigenvalue weighted by Gasteiger charge is -2.12. The Balaban J connectivity index is 0.00000256. The third-order valence-corrected chi connectivity index (χ3v) is 2.02. The van der Waals surface area contributed by atoms with Crippen molar-refractivity contribution in [2.75, 3.05) is 5.32 Å². The molecule has 0 heterocycles. The van der Waals surface area contributed by atoms with Gasteiger partial charge in [0, 0.05) is 5.69 Å². The minimum absolute atomic E-state index is 0. The first-order valence-electron chi connectivity index (χ1n) is 4.03. The summed E-state index contributed by atoms with van der Waals surface area (Å²) in [4.78, 5) is 0. The summed E-state index contributed by atoms with van der Waals surface area (Å²) >= 11 is 5.41. The molecule has 0 spiro atoms. The van der Waals surface area contributed by atoms with Gasteiger partial charge in [0.15, 0.2) is 0 Å². The minimum atomic E-state index is -4.53. The molecule has 0 aliphatic heterocycles. The molecular formula is C8H9ClF3IN4. The Labute approximate surface area is 117 Å². The molecule has 0 bridgehead atoms. The highest BCUT2D eigenvalue weighted by atomic mass is 127. The van der Waals surface area contributed by atoms with Crippen LogP contribution in [0, 0.1) is 5.41 Å². The van der Waals surface area contributed by atoms with E-state index in [1.807, 2.05) is 5.43 Å². The van der Waals surface area contributed by atoms with Crippen LogP contribution in [0.25, 0.3) is 0 Å². The molecule has 0 saturated heterocycles. The Morgan fingerprint density at radius 3 is 2.41 bits per heavy atom. The number of rotatable bonds is 1. The second-order valence-corrected chi connectivity index (χ2v) is 3.24. The summed E-state index contributed by atoms with van der Waals surface area (Å²) < 4.78 is 37.3. The van der Waals surface area contributed by atoms with Crippen LogP contribution in [0.4, 0.5) is 18.9 Å². The topological polar surface area (TPSA) is 73.9 Å². The van der Waals surface area contributed by atoms with E-state index in [0.29, 0.717) is 0 Å². The van der Waals surface area contributed by atoms with Gasteiger partial charge in [0.1, 0.15) is 0 Å². The van der Waals surface area contributed by atoms with Gasteiger partial charge in [-0.05, 0) is 18.2 Å². The van der Waals surface area contributed by atoms with Gasteiger partial charge in [-0.25, -0.2) is 5.84 Å². The molecule has 0 aromatic heterocycles. The van der Waals surface area contributed by atoms with Crippen LogP contribution in [-0.4, -0.2) is 5.96 Å². The summed E-state index contributed by atoms with van der Waals surface area (Å²) in [5.74, 6) is 4.56. The fraction of sp³-hybridized carbons (Fsp3) is 0.125. The van der Waals surface area contributed by atoms with E-state index in [9.17, 15) is 13.2 Å². The van der Waals surface area contributed by atoms with Crippen molar-refractivity contribution < 1.29 is 13.2 Å². The molecule has 0 radical (unpaired) electrons. The summed E-state index contributed by atoms with van der Waals surface area (Å²) in [7, 11) is 0. The van der Waals surface area contributed by atoms with E-state index in [-0.39, 0.29) is 35.6 Å². The van der Waals surface area contributed by atoms with Gasteiger partial charge < -0.3 is 5.32 Å². The van der Waals surface area contributed by atoms with Crippen molar-refractivity contribution in [2.24, 2.45) is 5.84 Å². The van der Waals surface area contributed by atoms with E-state index in [1.54, 1.807) is 0 Å². The highest BCUT2D eigenvalue weighted by Gasteiger charge is 2.33. The predicted molar refractivity (Wildman–Crippen MR) is 70.5 cm³/mol. The zero-order valence-corrected chi connectivity index (χ0v) is 11.3. The van der Waals surface area contributed by atoms with Gasteiger partial charge in [-0.1, -0.05) is 11.6 Å². The predicted octanol–water partition coefficient (Wildman–Crippen LogP) is 2.79. The monoisotopic (exact) mass is 380 g/mol.